The van der Waals surface area contributed by atoms with Crippen molar-refractivity contribution in [1.29, 1.82) is 5.26 Å². The Morgan fingerprint density at radius 3 is 2.86 bits per heavy atom. The van der Waals surface area contributed by atoms with E-state index in [9.17, 15) is 0 Å². The quantitative estimate of drug-likeness (QED) is 0.479. The zero-order chi connectivity index (χ0) is 10.2. The second kappa shape index (κ2) is 3.23. The van der Waals surface area contributed by atoms with Crippen LogP contribution in [0.15, 0.2) is 28.2 Å². The van der Waals surface area contributed by atoms with Gasteiger partial charge in [-0.15, -0.1) is 0 Å². The number of fused-ring (bicyclic) bond motifs is 1. The van der Waals surface area contributed by atoms with Gasteiger partial charge in [-0.25, -0.2) is 4.99 Å². The molecule has 0 unspecified atom stereocenters. The number of nitriles is 1. The third-order valence-electron chi connectivity index (χ3n) is 1.83. The number of hydrogen-bond donors (Lipinski definition) is 0. The molecule has 2 rings (SSSR count). The number of hydrogen-bond acceptors (Lipinski definition) is 3. The van der Waals surface area contributed by atoms with E-state index in [2.05, 4.69) is 9.98 Å². The van der Waals surface area contributed by atoms with Gasteiger partial charge < -0.3 is 0 Å². The molecule has 1 aromatic carbocycles. The van der Waals surface area contributed by atoms with Crippen LogP contribution in [0.25, 0.3) is 0 Å². The van der Waals surface area contributed by atoms with Crippen molar-refractivity contribution in [2.45, 2.75) is 4.46 Å². The third-order valence-corrected chi connectivity index (χ3v) is 2.24. The van der Waals surface area contributed by atoms with Crippen LogP contribution in [0.3, 0.4) is 0 Å². The lowest BCUT2D eigenvalue weighted by molar-refractivity contribution is 0.749. The maximum absolute atomic E-state index is 8.68. The number of benzene rings is 1. The fraction of sp³-hybridized carbons (Fsp3) is 0.222. The minimum atomic E-state index is -1.19. The molecule has 3 nitrogen and oxygen atoms in total. The zero-order valence-electron chi connectivity index (χ0n) is 7.04. The van der Waals surface area contributed by atoms with Gasteiger partial charge in [0, 0.05) is 0 Å². The van der Waals surface area contributed by atoms with Crippen LogP contribution in [0.2, 0.25) is 0 Å². The van der Waals surface area contributed by atoms with E-state index in [4.69, 9.17) is 28.5 Å². The van der Waals surface area contributed by atoms with Crippen LogP contribution < -0.4 is 10.7 Å². The van der Waals surface area contributed by atoms with E-state index < -0.39 is 4.46 Å². The molecule has 0 spiro atoms. The van der Waals surface area contributed by atoms with Gasteiger partial charge >= 0.3 is 0 Å². The standard InChI is InChI=1S/C9H5Cl2N3/c10-9(11)5-13-7-2-1-6(4-12)3-8(7)14-9/h1-3H,5H2. The average molecular weight is 226 g/mol. The number of rotatable bonds is 0. The summed E-state index contributed by atoms with van der Waals surface area (Å²) in [7, 11) is 0. The van der Waals surface area contributed by atoms with Gasteiger partial charge in [-0.05, 0) is 18.2 Å². The Morgan fingerprint density at radius 1 is 1.36 bits per heavy atom. The smallest absolute Gasteiger partial charge is 0.227 e. The van der Waals surface area contributed by atoms with Crippen LogP contribution in [0.1, 0.15) is 5.56 Å². The van der Waals surface area contributed by atoms with Crippen molar-refractivity contribution in [1.82, 2.24) is 0 Å². The second-order valence-corrected chi connectivity index (χ2v) is 4.35. The van der Waals surface area contributed by atoms with E-state index in [1.165, 1.54) is 0 Å². The minimum absolute atomic E-state index is 0.245. The molecule has 0 atom stereocenters. The highest BCUT2D eigenvalue weighted by atomic mass is 35.5. The maximum atomic E-state index is 8.68. The van der Waals surface area contributed by atoms with Gasteiger partial charge in [0.2, 0.25) is 4.46 Å². The van der Waals surface area contributed by atoms with Gasteiger partial charge in [0.25, 0.3) is 0 Å². The molecule has 0 aliphatic carbocycles. The lowest BCUT2D eigenvalue weighted by atomic mass is 10.2. The van der Waals surface area contributed by atoms with Crippen molar-refractivity contribution < 1.29 is 0 Å². The van der Waals surface area contributed by atoms with Crippen molar-refractivity contribution in [3.05, 3.63) is 34.5 Å². The number of alkyl halides is 2. The van der Waals surface area contributed by atoms with Crippen molar-refractivity contribution >= 4 is 23.2 Å². The molecule has 0 bridgehead atoms. The largest absolute Gasteiger partial charge is 0.278 e. The molecule has 0 radical (unpaired) electrons. The van der Waals surface area contributed by atoms with Crippen LogP contribution in [0, 0.1) is 11.3 Å². The highest BCUT2D eigenvalue weighted by Crippen LogP contribution is 2.22. The molecule has 0 fully saturated rings. The predicted octanol–water partition coefficient (Wildman–Crippen LogP) is 0.942. The summed E-state index contributed by atoms with van der Waals surface area (Å²) in [6.07, 6.45) is 0. The average Bonchev–Trinajstić information content (AvgIpc) is 2.15. The molecule has 0 amide bonds. The summed E-state index contributed by atoms with van der Waals surface area (Å²) < 4.78 is -1.19. The third kappa shape index (κ3) is 1.72. The summed E-state index contributed by atoms with van der Waals surface area (Å²) in [5.74, 6) is 0. The van der Waals surface area contributed by atoms with Gasteiger partial charge in [-0.3, -0.25) is 4.99 Å². The summed E-state index contributed by atoms with van der Waals surface area (Å²) in [5, 5.41) is 9.97. The van der Waals surface area contributed by atoms with E-state index >= 15 is 0 Å². The van der Waals surface area contributed by atoms with Crippen molar-refractivity contribution in [2.75, 3.05) is 6.54 Å². The molecule has 1 aromatic rings. The maximum Gasteiger partial charge on any atom is 0.227 e. The predicted molar refractivity (Wildman–Crippen MR) is 52.8 cm³/mol. The van der Waals surface area contributed by atoms with E-state index in [0.717, 1.165) is 5.36 Å². The van der Waals surface area contributed by atoms with Crippen molar-refractivity contribution in [2.24, 2.45) is 9.98 Å². The molecule has 14 heavy (non-hydrogen) atoms. The summed E-state index contributed by atoms with van der Waals surface area (Å²) in [4.78, 5) is 8.23. The van der Waals surface area contributed by atoms with E-state index in [0.29, 0.717) is 10.9 Å². The first kappa shape index (κ1) is 9.45. The molecule has 1 heterocycles. The zero-order valence-corrected chi connectivity index (χ0v) is 8.55. The normalized spacial score (nSPS) is 17.2. The Kier molecular flexibility index (Phi) is 2.18. The van der Waals surface area contributed by atoms with E-state index in [1.807, 2.05) is 6.07 Å². The van der Waals surface area contributed by atoms with Gasteiger partial charge in [-0.1, -0.05) is 23.2 Å². The monoisotopic (exact) mass is 225 g/mol. The Balaban J connectivity index is 2.72. The number of halogens is 2. The fourth-order valence-corrected chi connectivity index (χ4v) is 1.51. The van der Waals surface area contributed by atoms with Crippen LogP contribution in [-0.2, 0) is 0 Å². The Hall–Kier alpha value is -1.11. The SMILES string of the molecule is N#Cc1ccc2c(c1)=NC(Cl)(Cl)CN=2. The van der Waals surface area contributed by atoms with Gasteiger partial charge in [-0.2, -0.15) is 5.26 Å². The molecular weight excluding hydrogens is 221 g/mol. The Labute approximate surface area is 90.3 Å². The number of nitrogens with zero attached hydrogens (tertiary/aromatic N) is 3. The second-order valence-electron chi connectivity index (χ2n) is 2.91. The molecule has 0 aromatic heterocycles. The lowest BCUT2D eigenvalue weighted by Crippen LogP contribution is -2.36. The molecule has 0 N–H and O–H groups in total. The highest BCUT2D eigenvalue weighted by Gasteiger charge is 2.23. The minimum Gasteiger partial charge on any atom is -0.278 e. The molecular formula is C9H5Cl2N3. The van der Waals surface area contributed by atoms with Gasteiger partial charge in [0.05, 0.1) is 28.9 Å². The van der Waals surface area contributed by atoms with Crippen molar-refractivity contribution in [3.63, 3.8) is 0 Å². The fourth-order valence-electron chi connectivity index (χ4n) is 1.21. The summed E-state index contributed by atoms with van der Waals surface area (Å²) >= 11 is 11.6. The molecule has 1 aliphatic rings. The molecule has 0 saturated heterocycles. The molecule has 0 saturated carbocycles. The Morgan fingerprint density at radius 2 is 2.14 bits per heavy atom. The van der Waals surface area contributed by atoms with Crippen molar-refractivity contribution in [3.8, 4) is 6.07 Å². The van der Waals surface area contributed by atoms with Crippen LogP contribution in [0.5, 0.6) is 0 Å². The summed E-state index contributed by atoms with van der Waals surface area (Å²) in [6, 6.07) is 7.06. The van der Waals surface area contributed by atoms with Crippen LogP contribution in [0.4, 0.5) is 0 Å². The summed E-state index contributed by atoms with van der Waals surface area (Å²) in [5.41, 5.74) is 0.522. The first-order chi connectivity index (χ1) is 6.61. The topological polar surface area (TPSA) is 48.5 Å². The molecule has 70 valence electrons. The molecule has 5 heteroatoms. The van der Waals surface area contributed by atoms with E-state index in [1.54, 1.807) is 18.2 Å². The first-order valence-electron chi connectivity index (χ1n) is 3.93. The lowest BCUT2D eigenvalue weighted by Gasteiger charge is -2.14. The first-order valence-corrected chi connectivity index (χ1v) is 4.69. The van der Waals surface area contributed by atoms with Crippen LogP contribution in [-0.4, -0.2) is 11.0 Å². The molecule has 1 aliphatic heterocycles. The van der Waals surface area contributed by atoms with Gasteiger partial charge in [0.15, 0.2) is 0 Å². The van der Waals surface area contributed by atoms with E-state index in [-0.39, 0.29) is 6.54 Å². The Bertz CT molecular complexity index is 528. The summed E-state index contributed by atoms with van der Waals surface area (Å²) in [6.45, 7) is 0.245. The highest BCUT2D eigenvalue weighted by molar-refractivity contribution is 6.48. The van der Waals surface area contributed by atoms with Crippen LogP contribution >= 0.6 is 23.2 Å². The van der Waals surface area contributed by atoms with Gasteiger partial charge in [0.1, 0.15) is 0 Å².